The first-order valence-electron chi connectivity index (χ1n) is 8.14. The Bertz CT molecular complexity index is 325. The molecule has 3 N–H and O–H groups in total. The molecule has 0 radical (unpaired) electrons. The molecule has 0 aromatic carbocycles. The Kier molecular flexibility index (Phi) is 17.4. The topological polar surface area (TPSA) is 62.9 Å². The van der Waals surface area contributed by atoms with Crippen LogP contribution < -0.4 is 11.1 Å². The second kappa shape index (κ2) is 16.3. The highest BCUT2D eigenvalue weighted by Crippen LogP contribution is 2.11. The minimum atomic E-state index is 0. The summed E-state index contributed by atoms with van der Waals surface area (Å²) in [5, 5.41) is 3.13. The number of nitrogens with zero attached hydrogens (tertiary/aromatic N) is 2. The SMILES string of the molecule is C=CCN(CC=C)C(CN=C(N)NCCCOCC)C(C)C.I. The summed E-state index contributed by atoms with van der Waals surface area (Å²) in [4.78, 5) is 6.80. The van der Waals surface area contributed by atoms with Gasteiger partial charge in [0.15, 0.2) is 5.96 Å². The zero-order valence-electron chi connectivity index (χ0n) is 15.0. The van der Waals surface area contributed by atoms with Crippen molar-refractivity contribution in [1.29, 1.82) is 0 Å². The largest absolute Gasteiger partial charge is 0.382 e. The first kappa shape index (κ1) is 24.6. The van der Waals surface area contributed by atoms with Gasteiger partial charge < -0.3 is 15.8 Å². The minimum absolute atomic E-state index is 0. The molecule has 0 aromatic rings. The van der Waals surface area contributed by atoms with Gasteiger partial charge in [0.2, 0.25) is 0 Å². The lowest BCUT2D eigenvalue weighted by atomic mass is 10.0. The third kappa shape index (κ3) is 12.5. The van der Waals surface area contributed by atoms with E-state index in [1.54, 1.807) is 0 Å². The van der Waals surface area contributed by atoms with Gasteiger partial charge in [-0.05, 0) is 19.3 Å². The van der Waals surface area contributed by atoms with Crippen LogP contribution in [0.25, 0.3) is 0 Å². The first-order valence-corrected chi connectivity index (χ1v) is 8.14. The van der Waals surface area contributed by atoms with Crippen molar-refractivity contribution >= 4 is 29.9 Å². The molecule has 136 valence electrons. The summed E-state index contributed by atoms with van der Waals surface area (Å²) >= 11 is 0. The van der Waals surface area contributed by atoms with E-state index in [4.69, 9.17) is 10.5 Å². The van der Waals surface area contributed by atoms with E-state index in [1.807, 2.05) is 19.1 Å². The number of nitrogens with one attached hydrogen (secondary N) is 1. The highest BCUT2D eigenvalue weighted by Gasteiger charge is 2.19. The van der Waals surface area contributed by atoms with Crippen LogP contribution in [-0.4, -0.2) is 56.3 Å². The molecular formula is C17H35IN4O. The maximum Gasteiger partial charge on any atom is 0.188 e. The van der Waals surface area contributed by atoms with Crippen LogP contribution in [0, 0.1) is 5.92 Å². The van der Waals surface area contributed by atoms with E-state index in [0.717, 1.165) is 39.3 Å². The number of ether oxygens (including phenoxy) is 1. The average Bonchev–Trinajstić information content (AvgIpc) is 2.47. The number of aliphatic imine (C=N–C) groups is 1. The Morgan fingerprint density at radius 2 is 1.91 bits per heavy atom. The van der Waals surface area contributed by atoms with Crippen LogP contribution >= 0.6 is 24.0 Å². The lowest BCUT2D eigenvalue weighted by Crippen LogP contribution is -2.42. The fraction of sp³-hybridized carbons (Fsp3) is 0.706. The summed E-state index contributed by atoms with van der Waals surface area (Å²) in [6, 6.07) is 0.319. The second-order valence-electron chi connectivity index (χ2n) is 5.55. The van der Waals surface area contributed by atoms with Gasteiger partial charge in [0.25, 0.3) is 0 Å². The van der Waals surface area contributed by atoms with Crippen LogP contribution in [0.1, 0.15) is 27.2 Å². The zero-order valence-corrected chi connectivity index (χ0v) is 17.3. The standard InChI is InChI=1S/C17H34N4O.HI/c1-6-11-21(12-7-2)16(15(4)5)14-20-17(18)19-10-9-13-22-8-3;/h6-7,15-16H,1-2,8-14H2,3-5H3,(H3,18,19,20);1H. The van der Waals surface area contributed by atoms with Crippen LogP contribution in [0.2, 0.25) is 0 Å². The lowest BCUT2D eigenvalue weighted by molar-refractivity contribution is 0.145. The van der Waals surface area contributed by atoms with Crippen LogP contribution in [0.3, 0.4) is 0 Å². The molecule has 0 saturated carbocycles. The van der Waals surface area contributed by atoms with E-state index in [0.29, 0.717) is 24.5 Å². The number of nitrogens with two attached hydrogens (primary N) is 1. The smallest absolute Gasteiger partial charge is 0.188 e. The van der Waals surface area contributed by atoms with Crippen LogP contribution in [0.5, 0.6) is 0 Å². The van der Waals surface area contributed by atoms with Crippen LogP contribution in [0.4, 0.5) is 0 Å². The number of hydrogen-bond donors (Lipinski definition) is 2. The quantitative estimate of drug-likeness (QED) is 0.153. The number of hydrogen-bond acceptors (Lipinski definition) is 3. The molecule has 0 rings (SSSR count). The van der Waals surface area contributed by atoms with Crippen LogP contribution in [0.15, 0.2) is 30.3 Å². The summed E-state index contributed by atoms with van der Waals surface area (Å²) in [5.41, 5.74) is 5.92. The van der Waals surface area contributed by atoms with Gasteiger partial charge in [-0.25, -0.2) is 0 Å². The Morgan fingerprint density at radius 3 is 2.39 bits per heavy atom. The van der Waals surface area contributed by atoms with Gasteiger partial charge in [0, 0.05) is 38.9 Å². The van der Waals surface area contributed by atoms with Gasteiger partial charge in [-0.2, -0.15) is 0 Å². The third-order valence-electron chi connectivity index (χ3n) is 3.39. The maximum atomic E-state index is 5.92. The first-order chi connectivity index (χ1) is 10.6. The molecular weight excluding hydrogens is 403 g/mol. The Labute approximate surface area is 159 Å². The molecule has 0 aliphatic carbocycles. The Balaban J connectivity index is 0. The fourth-order valence-corrected chi connectivity index (χ4v) is 2.21. The molecule has 1 unspecified atom stereocenters. The third-order valence-corrected chi connectivity index (χ3v) is 3.39. The Morgan fingerprint density at radius 1 is 1.30 bits per heavy atom. The van der Waals surface area contributed by atoms with Crippen molar-refractivity contribution in [1.82, 2.24) is 10.2 Å². The zero-order chi connectivity index (χ0) is 16.8. The maximum absolute atomic E-state index is 5.92. The monoisotopic (exact) mass is 438 g/mol. The van der Waals surface area contributed by atoms with Gasteiger partial charge in [-0.15, -0.1) is 37.1 Å². The summed E-state index contributed by atoms with van der Waals surface area (Å²) < 4.78 is 5.28. The van der Waals surface area contributed by atoms with E-state index in [1.165, 1.54) is 0 Å². The summed E-state index contributed by atoms with van der Waals surface area (Å²) in [6.07, 6.45) is 4.76. The second-order valence-corrected chi connectivity index (χ2v) is 5.55. The van der Waals surface area contributed by atoms with E-state index in [-0.39, 0.29) is 24.0 Å². The molecule has 0 spiro atoms. The number of rotatable bonds is 13. The molecule has 5 nitrogen and oxygen atoms in total. The summed E-state index contributed by atoms with van der Waals surface area (Å²) in [6.45, 7) is 18.6. The summed E-state index contributed by atoms with van der Waals surface area (Å²) in [5.74, 6) is 0.980. The molecule has 0 amide bonds. The molecule has 0 fully saturated rings. The van der Waals surface area contributed by atoms with Crippen molar-refractivity contribution in [3.05, 3.63) is 25.3 Å². The van der Waals surface area contributed by atoms with E-state index < -0.39 is 0 Å². The van der Waals surface area contributed by atoms with E-state index >= 15 is 0 Å². The molecule has 0 bridgehead atoms. The average molecular weight is 438 g/mol. The van der Waals surface area contributed by atoms with Crippen molar-refractivity contribution < 1.29 is 4.74 Å². The molecule has 0 saturated heterocycles. The molecule has 6 heteroatoms. The van der Waals surface area contributed by atoms with Gasteiger partial charge in [-0.1, -0.05) is 26.0 Å². The highest BCUT2D eigenvalue weighted by molar-refractivity contribution is 14.0. The molecule has 23 heavy (non-hydrogen) atoms. The van der Waals surface area contributed by atoms with Crippen molar-refractivity contribution in [2.24, 2.45) is 16.6 Å². The summed E-state index contributed by atoms with van der Waals surface area (Å²) in [7, 11) is 0. The minimum Gasteiger partial charge on any atom is -0.382 e. The molecule has 0 aliphatic rings. The predicted molar refractivity (Wildman–Crippen MR) is 112 cm³/mol. The number of guanidine groups is 1. The lowest BCUT2D eigenvalue weighted by Gasteiger charge is -2.31. The fourth-order valence-electron chi connectivity index (χ4n) is 2.21. The number of halogens is 1. The van der Waals surface area contributed by atoms with Crippen LogP contribution in [-0.2, 0) is 4.74 Å². The van der Waals surface area contributed by atoms with Crippen molar-refractivity contribution in [3.8, 4) is 0 Å². The highest BCUT2D eigenvalue weighted by atomic mass is 127. The normalized spacial score (nSPS) is 12.8. The van der Waals surface area contributed by atoms with Crippen molar-refractivity contribution in [3.63, 3.8) is 0 Å². The van der Waals surface area contributed by atoms with Gasteiger partial charge in [-0.3, -0.25) is 9.89 Å². The predicted octanol–water partition coefficient (Wildman–Crippen LogP) is 2.63. The van der Waals surface area contributed by atoms with Crippen molar-refractivity contribution in [2.75, 3.05) is 39.4 Å². The van der Waals surface area contributed by atoms with Gasteiger partial charge in [0.05, 0.1) is 6.54 Å². The molecule has 1 atom stereocenters. The van der Waals surface area contributed by atoms with Gasteiger partial charge >= 0.3 is 0 Å². The Hall–Kier alpha value is -0.600. The molecule has 0 heterocycles. The molecule has 0 aromatic heterocycles. The van der Waals surface area contributed by atoms with Crippen molar-refractivity contribution in [2.45, 2.75) is 33.2 Å². The van der Waals surface area contributed by atoms with Gasteiger partial charge in [0.1, 0.15) is 0 Å². The van der Waals surface area contributed by atoms with E-state index in [9.17, 15) is 0 Å². The molecule has 0 aliphatic heterocycles. The van der Waals surface area contributed by atoms with E-state index in [2.05, 4.69) is 42.2 Å².